The highest BCUT2D eigenvalue weighted by Crippen LogP contribution is 2.21. The molecule has 3 heterocycles. The van der Waals surface area contributed by atoms with E-state index in [1.165, 1.54) is 11.1 Å². The van der Waals surface area contributed by atoms with Gasteiger partial charge in [-0.1, -0.05) is 24.3 Å². The Morgan fingerprint density at radius 1 is 1.15 bits per heavy atom. The molecule has 0 fully saturated rings. The summed E-state index contributed by atoms with van der Waals surface area (Å²) in [6.45, 7) is 5.68. The highest BCUT2D eigenvalue weighted by Gasteiger charge is 2.20. The van der Waals surface area contributed by atoms with Gasteiger partial charge in [-0.25, -0.2) is 0 Å². The van der Waals surface area contributed by atoms with E-state index in [4.69, 9.17) is 0 Å². The van der Waals surface area contributed by atoms with Gasteiger partial charge in [0.15, 0.2) is 0 Å². The minimum absolute atomic E-state index is 0.115. The van der Waals surface area contributed by atoms with Crippen LogP contribution < -0.4 is 10.9 Å². The minimum atomic E-state index is -0.176. The van der Waals surface area contributed by atoms with Crippen molar-refractivity contribution in [2.75, 3.05) is 13.1 Å². The lowest BCUT2D eigenvalue weighted by Gasteiger charge is -2.29. The Balaban J connectivity index is 1.23. The van der Waals surface area contributed by atoms with Gasteiger partial charge in [-0.05, 0) is 49.8 Å². The summed E-state index contributed by atoms with van der Waals surface area (Å²) in [6.07, 6.45) is 2.50. The molecule has 0 saturated carbocycles. The van der Waals surface area contributed by atoms with E-state index in [0.29, 0.717) is 43.6 Å². The molecule has 0 aliphatic carbocycles. The van der Waals surface area contributed by atoms with E-state index in [2.05, 4.69) is 27.5 Å². The fourth-order valence-electron chi connectivity index (χ4n) is 4.72. The molecule has 2 amide bonds. The highest BCUT2D eigenvalue weighted by molar-refractivity contribution is 5.83. The summed E-state index contributed by atoms with van der Waals surface area (Å²) in [7, 11) is 1.80. The number of amides is 2. The summed E-state index contributed by atoms with van der Waals surface area (Å²) < 4.78 is 1.67. The van der Waals surface area contributed by atoms with Crippen molar-refractivity contribution in [1.29, 1.82) is 0 Å². The maximum atomic E-state index is 12.5. The molecule has 3 aromatic rings. The van der Waals surface area contributed by atoms with Crippen molar-refractivity contribution in [3.63, 3.8) is 0 Å². The number of H-pyrrole nitrogens is 1. The topological polar surface area (TPSA) is 100 Å². The molecule has 8 heteroatoms. The first-order valence-corrected chi connectivity index (χ1v) is 11.5. The van der Waals surface area contributed by atoms with Crippen molar-refractivity contribution in [3.8, 4) is 0 Å². The number of carbonyl (C=O) groups excluding carboxylic acids is 2. The van der Waals surface area contributed by atoms with Gasteiger partial charge in [0.2, 0.25) is 11.8 Å². The van der Waals surface area contributed by atoms with Gasteiger partial charge in [0, 0.05) is 50.5 Å². The number of nitrogens with zero attached hydrogens (tertiary/aromatic N) is 3. The van der Waals surface area contributed by atoms with Crippen LogP contribution in [0.4, 0.5) is 0 Å². The number of carbonyl (C=O) groups is 2. The molecule has 2 aromatic heterocycles. The summed E-state index contributed by atoms with van der Waals surface area (Å²) in [5, 5.41) is 8.19. The number of rotatable bonds is 7. The molecule has 0 radical (unpaired) electrons. The van der Waals surface area contributed by atoms with Crippen molar-refractivity contribution in [1.82, 2.24) is 25.0 Å². The van der Waals surface area contributed by atoms with Crippen LogP contribution >= 0.6 is 0 Å². The quantitative estimate of drug-likeness (QED) is 0.541. The highest BCUT2D eigenvalue weighted by atomic mass is 16.2. The van der Waals surface area contributed by atoms with Gasteiger partial charge >= 0.3 is 0 Å². The number of nitrogens with one attached hydrogen (secondary N) is 2. The smallest absolute Gasteiger partial charge is 0.253 e. The molecule has 8 nitrogen and oxygen atoms in total. The number of pyridine rings is 1. The van der Waals surface area contributed by atoms with Crippen molar-refractivity contribution < 1.29 is 9.59 Å². The van der Waals surface area contributed by atoms with E-state index in [1.807, 2.05) is 30.9 Å². The maximum absolute atomic E-state index is 12.5. The van der Waals surface area contributed by atoms with E-state index in [-0.39, 0.29) is 23.8 Å². The summed E-state index contributed by atoms with van der Waals surface area (Å²) in [4.78, 5) is 42.2. The fourth-order valence-corrected chi connectivity index (χ4v) is 4.72. The van der Waals surface area contributed by atoms with E-state index in [9.17, 15) is 14.4 Å². The number of hydrogen-bond acceptors (Lipinski definition) is 4. The van der Waals surface area contributed by atoms with Crippen LogP contribution in [0, 0.1) is 13.8 Å². The molecule has 0 saturated heterocycles. The molecule has 2 N–H and O–H groups in total. The van der Waals surface area contributed by atoms with E-state index in [0.717, 1.165) is 29.6 Å². The first-order chi connectivity index (χ1) is 15.8. The van der Waals surface area contributed by atoms with Crippen LogP contribution in [0.25, 0.3) is 11.0 Å². The second-order valence-electron chi connectivity index (χ2n) is 8.78. The molecular weight excluding hydrogens is 418 g/mol. The Morgan fingerprint density at radius 3 is 2.70 bits per heavy atom. The standard InChI is InChI=1S/C25H31N5O3/c1-16-20(25(33)27-24-23(16)17(2)28-29(24)3)10-11-21(31)26-13-6-9-22(32)30-14-12-18-7-4-5-8-19(18)15-30/h4-5,7-8H,6,9-15H2,1-3H3,(H,26,31)(H,27,33). The van der Waals surface area contributed by atoms with Gasteiger partial charge in [0.25, 0.3) is 5.56 Å². The zero-order valence-electron chi connectivity index (χ0n) is 19.5. The first kappa shape index (κ1) is 22.8. The lowest BCUT2D eigenvalue weighted by Crippen LogP contribution is -2.36. The summed E-state index contributed by atoms with van der Waals surface area (Å²) in [5.41, 5.74) is 5.41. The van der Waals surface area contributed by atoms with Crippen LogP contribution in [0.1, 0.15) is 47.2 Å². The molecule has 0 spiro atoms. The lowest BCUT2D eigenvalue weighted by atomic mass is 9.99. The number of hydrogen-bond donors (Lipinski definition) is 2. The SMILES string of the molecule is Cc1nn(C)c2[nH]c(=O)c(CCC(=O)NCCCC(=O)N3CCc4ccccc4C3)c(C)c12. The Kier molecular flexibility index (Phi) is 6.62. The maximum Gasteiger partial charge on any atom is 0.253 e. The van der Waals surface area contributed by atoms with Crippen molar-refractivity contribution >= 4 is 22.8 Å². The van der Waals surface area contributed by atoms with Gasteiger partial charge in [-0.2, -0.15) is 5.10 Å². The average molecular weight is 450 g/mol. The minimum Gasteiger partial charge on any atom is -0.356 e. The van der Waals surface area contributed by atoms with Crippen molar-refractivity contribution in [3.05, 3.63) is 62.6 Å². The first-order valence-electron chi connectivity index (χ1n) is 11.5. The number of benzene rings is 1. The van der Waals surface area contributed by atoms with E-state index in [1.54, 1.807) is 11.7 Å². The third-order valence-electron chi connectivity index (χ3n) is 6.53. The second-order valence-corrected chi connectivity index (χ2v) is 8.78. The molecular formula is C25H31N5O3. The van der Waals surface area contributed by atoms with Crippen LogP contribution in [0.2, 0.25) is 0 Å². The van der Waals surface area contributed by atoms with Crippen molar-refractivity contribution in [2.45, 2.75) is 52.5 Å². The van der Waals surface area contributed by atoms with Gasteiger partial charge < -0.3 is 15.2 Å². The average Bonchev–Trinajstić information content (AvgIpc) is 3.08. The predicted octanol–water partition coefficient (Wildman–Crippen LogP) is 2.29. The monoisotopic (exact) mass is 449 g/mol. The second kappa shape index (κ2) is 9.60. The molecule has 0 atom stereocenters. The molecule has 4 rings (SSSR count). The van der Waals surface area contributed by atoms with E-state index >= 15 is 0 Å². The van der Waals surface area contributed by atoms with Gasteiger partial charge in [-0.3, -0.25) is 19.1 Å². The summed E-state index contributed by atoms with van der Waals surface area (Å²) >= 11 is 0. The molecule has 1 aliphatic rings. The van der Waals surface area contributed by atoms with Crippen LogP contribution in [-0.2, 0) is 36.0 Å². The van der Waals surface area contributed by atoms with Gasteiger partial charge in [0.05, 0.1) is 5.69 Å². The number of aromatic nitrogens is 3. The zero-order chi connectivity index (χ0) is 23.5. The third kappa shape index (κ3) is 4.84. The molecule has 1 aromatic carbocycles. The Bertz CT molecular complexity index is 1260. The Morgan fingerprint density at radius 2 is 1.91 bits per heavy atom. The van der Waals surface area contributed by atoms with Crippen LogP contribution in [0.3, 0.4) is 0 Å². The number of fused-ring (bicyclic) bond motifs is 2. The lowest BCUT2D eigenvalue weighted by molar-refractivity contribution is -0.132. The van der Waals surface area contributed by atoms with Gasteiger partial charge in [-0.15, -0.1) is 0 Å². The molecule has 0 bridgehead atoms. The normalized spacial score (nSPS) is 13.2. The Labute approximate surface area is 193 Å². The third-order valence-corrected chi connectivity index (χ3v) is 6.53. The van der Waals surface area contributed by atoms with E-state index < -0.39 is 0 Å². The number of aromatic amines is 1. The summed E-state index contributed by atoms with van der Waals surface area (Å²) in [5.74, 6) is 0.0113. The van der Waals surface area contributed by atoms with Gasteiger partial charge in [0.1, 0.15) is 5.65 Å². The van der Waals surface area contributed by atoms with Crippen LogP contribution in [0.5, 0.6) is 0 Å². The summed E-state index contributed by atoms with van der Waals surface area (Å²) in [6, 6.07) is 8.25. The predicted molar refractivity (Wildman–Crippen MR) is 127 cm³/mol. The van der Waals surface area contributed by atoms with Crippen molar-refractivity contribution in [2.24, 2.45) is 7.05 Å². The van der Waals surface area contributed by atoms with Crippen LogP contribution in [0.15, 0.2) is 29.1 Å². The molecule has 174 valence electrons. The van der Waals surface area contributed by atoms with Crippen LogP contribution in [-0.4, -0.2) is 44.6 Å². The largest absolute Gasteiger partial charge is 0.356 e. The molecule has 33 heavy (non-hydrogen) atoms. The Hall–Kier alpha value is -3.42. The fraction of sp³-hybridized carbons (Fsp3) is 0.440. The molecule has 1 aliphatic heterocycles. The number of aryl methyl sites for hydroxylation is 3. The molecule has 0 unspecified atom stereocenters. The zero-order valence-corrected chi connectivity index (χ0v) is 19.5.